The molecule has 30 heavy (non-hydrogen) atoms. The number of aromatic nitrogens is 6. The van der Waals surface area contributed by atoms with Crippen LogP contribution in [-0.4, -0.2) is 42.7 Å². The molecule has 9 heteroatoms. The summed E-state index contributed by atoms with van der Waals surface area (Å²) in [5, 5.41) is 21.1. The van der Waals surface area contributed by atoms with Crippen LogP contribution in [0, 0.1) is 11.6 Å². The van der Waals surface area contributed by atoms with E-state index in [1.165, 1.54) is 12.1 Å². The molecule has 0 radical (unpaired) electrons. The van der Waals surface area contributed by atoms with Crippen LogP contribution in [0.2, 0.25) is 0 Å². The summed E-state index contributed by atoms with van der Waals surface area (Å²) in [5.74, 6) is -0.389. The van der Waals surface area contributed by atoms with Gasteiger partial charge in [0.25, 0.3) is 0 Å². The SMILES string of the molecule is CC(C)c1nnc2ccc(-c3cn(C4CCNC4)nc3-c3ccc(F)cc3F)nn12. The molecule has 0 saturated carbocycles. The van der Waals surface area contributed by atoms with Crippen molar-refractivity contribution in [3.63, 3.8) is 0 Å². The Kier molecular flexibility index (Phi) is 4.54. The van der Waals surface area contributed by atoms with Gasteiger partial charge in [-0.15, -0.1) is 10.2 Å². The molecule has 1 saturated heterocycles. The lowest BCUT2D eigenvalue weighted by atomic mass is 10.1. The minimum atomic E-state index is -0.653. The van der Waals surface area contributed by atoms with Crippen LogP contribution in [0.1, 0.15) is 38.1 Å². The standard InChI is InChI=1S/C21H21F2N7/c1-12(2)21-26-25-19-6-5-18(27-30(19)21)16-11-29(14-7-8-24-10-14)28-20(16)15-4-3-13(22)9-17(15)23/h3-6,9,11-12,14,24H,7-8,10H2,1-2H3. The zero-order chi connectivity index (χ0) is 20.8. The van der Waals surface area contributed by atoms with E-state index in [1.54, 1.807) is 4.52 Å². The molecule has 154 valence electrons. The van der Waals surface area contributed by atoms with Gasteiger partial charge >= 0.3 is 0 Å². The molecular formula is C21H21F2N7. The molecule has 0 aliphatic carbocycles. The van der Waals surface area contributed by atoms with E-state index < -0.39 is 11.6 Å². The van der Waals surface area contributed by atoms with Gasteiger partial charge in [-0.25, -0.2) is 8.78 Å². The summed E-state index contributed by atoms with van der Waals surface area (Å²) in [6, 6.07) is 7.37. The third kappa shape index (κ3) is 3.15. The van der Waals surface area contributed by atoms with Crippen molar-refractivity contribution in [2.24, 2.45) is 0 Å². The molecule has 1 unspecified atom stereocenters. The number of halogens is 2. The molecule has 1 fully saturated rings. The van der Waals surface area contributed by atoms with Crippen molar-refractivity contribution in [1.29, 1.82) is 0 Å². The van der Waals surface area contributed by atoms with E-state index in [2.05, 4.69) is 20.6 Å². The Bertz CT molecular complexity index is 1220. The smallest absolute Gasteiger partial charge is 0.177 e. The maximum atomic E-state index is 14.6. The Balaban J connectivity index is 1.70. The number of rotatable bonds is 4. The first-order valence-electron chi connectivity index (χ1n) is 9.99. The van der Waals surface area contributed by atoms with E-state index in [0.29, 0.717) is 22.6 Å². The van der Waals surface area contributed by atoms with Gasteiger partial charge < -0.3 is 5.32 Å². The summed E-state index contributed by atoms with van der Waals surface area (Å²) in [6.07, 6.45) is 2.82. The summed E-state index contributed by atoms with van der Waals surface area (Å²) in [4.78, 5) is 0. The van der Waals surface area contributed by atoms with Crippen molar-refractivity contribution in [3.8, 4) is 22.5 Å². The second kappa shape index (κ2) is 7.24. The molecule has 7 nitrogen and oxygen atoms in total. The van der Waals surface area contributed by atoms with Crippen LogP contribution in [0.15, 0.2) is 36.5 Å². The van der Waals surface area contributed by atoms with Crippen molar-refractivity contribution < 1.29 is 8.78 Å². The second-order valence-corrected chi connectivity index (χ2v) is 7.84. The van der Waals surface area contributed by atoms with Crippen molar-refractivity contribution in [3.05, 3.63) is 54.0 Å². The summed E-state index contributed by atoms with van der Waals surface area (Å²) < 4.78 is 31.7. The van der Waals surface area contributed by atoms with Crippen LogP contribution in [0.25, 0.3) is 28.2 Å². The van der Waals surface area contributed by atoms with Crippen LogP contribution >= 0.6 is 0 Å². The number of hydrogen-bond donors (Lipinski definition) is 1. The highest BCUT2D eigenvalue weighted by Crippen LogP contribution is 2.33. The van der Waals surface area contributed by atoms with Gasteiger partial charge in [0, 0.05) is 35.9 Å². The van der Waals surface area contributed by atoms with Crippen molar-refractivity contribution in [2.45, 2.75) is 32.2 Å². The molecule has 4 heterocycles. The van der Waals surface area contributed by atoms with Gasteiger partial charge in [-0.2, -0.15) is 14.7 Å². The predicted molar refractivity (Wildman–Crippen MR) is 108 cm³/mol. The first-order chi connectivity index (χ1) is 14.5. The van der Waals surface area contributed by atoms with Gasteiger partial charge in [-0.1, -0.05) is 13.8 Å². The number of fused-ring (bicyclic) bond motifs is 1. The number of nitrogens with one attached hydrogen (secondary N) is 1. The highest BCUT2D eigenvalue weighted by atomic mass is 19.1. The monoisotopic (exact) mass is 409 g/mol. The van der Waals surface area contributed by atoms with E-state index in [9.17, 15) is 8.78 Å². The van der Waals surface area contributed by atoms with Crippen molar-refractivity contribution >= 4 is 5.65 Å². The number of nitrogens with zero attached hydrogens (tertiary/aromatic N) is 6. The topological polar surface area (TPSA) is 72.9 Å². The zero-order valence-electron chi connectivity index (χ0n) is 16.7. The number of benzene rings is 1. The molecule has 0 spiro atoms. The molecule has 0 amide bonds. The molecule has 0 bridgehead atoms. The average Bonchev–Trinajstić information content (AvgIpc) is 3.46. The molecule has 4 aromatic rings. The zero-order valence-corrected chi connectivity index (χ0v) is 16.7. The molecule has 1 N–H and O–H groups in total. The van der Waals surface area contributed by atoms with Crippen LogP contribution < -0.4 is 5.32 Å². The van der Waals surface area contributed by atoms with Crippen LogP contribution in [0.3, 0.4) is 0 Å². The minimum absolute atomic E-state index is 0.143. The van der Waals surface area contributed by atoms with Crippen LogP contribution in [-0.2, 0) is 0 Å². The highest BCUT2D eigenvalue weighted by Gasteiger charge is 2.24. The highest BCUT2D eigenvalue weighted by molar-refractivity contribution is 5.79. The fraction of sp³-hybridized carbons (Fsp3) is 0.333. The Morgan fingerprint density at radius 1 is 1.07 bits per heavy atom. The molecule has 1 atom stereocenters. The van der Waals surface area contributed by atoms with Crippen LogP contribution in [0.4, 0.5) is 8.78 Å². The lowest BCUT2D eigenvalue weighted by molar-refractivity contribution is 0.491. The third-order valence-electron chi connectivity index (χ3n) is 5.41. The number of hydrogen-bond acceptors (Lipinski definition) is 5. The van der Waals surface area contributed by atoms with Gasteiger partial charge in [0.15, 0.2) is 11.5 Å². The summed E-state index contributed by atoms with van der Waals surface area (Å²) in [5.41, 5.74) is 2.62. The van der Waals surface area contributed by atoms with Crippen molar-refractivity contribution in [1.82, 2.24) is 34.9 Å². The molecule has 1 aliphatic rings. The normalized spacial score (nSPS) is 16.8. The lowest BCUT2D eigenvalue weighted by Crippen LogP contribution is -2.13. The quantitative estimate of drug-likeness (QED) is 0.558. The summed E-state index contributed by atoms with van der Waals surface area (Å²) >= 11 is 0. The maximum Gasteiger partial charge on any atom is 0.177 e. The van der Waals surface area contributed by atoms with Gasteiger partial charge in [-0.3, -0.25) is 4.68 Å². The fourth-order valence-electron chi connectivity index (χ4n) is 3.82. The van der Waals surface area contributed by atoms with E-state index in [-0.39, 0.29) is 17.5 Å². The van der Waals surface area contributed by atoms with Gasteiger partial charge in [0.2, 0.25) is 0 Å². The van der Waals surface area contributed by atoms with E-state index >= 15 is 0 Å². The lowest BCUT2D eigenvalue weighted by Gasteiger charge is -2.08. The van der Waals surface area contributed by atoms with Crippen LogP contribution in [0.5, 0.6) is 0 Å². The summed E-state index contributed by atoms with van der Waals surface area (Å²) in [6.45, 7) is 5.75. The van der Waals surface area contributed by atoms with Crippen molar-refractivity contribution in [2.75, 3.05) is 13.1 Å². The molecule has 3 aromatic heterocycles. The third-order valence-corrected chi connectivity index (χ3v) is 5.41. The van der Waals surface area contributed by atoms with Gasteiger partial charge in [0.1, 0.15) is 17.3 Å². The Hall–Kier alpha value is -3.20. The Morgan fingerprint density at radius 2 is 1.93 bits per heavy atom. The first kappa shape index (κ1) is 18.8. The molecule has 1 aliphatic heterocycles. The average molecular weight is 409 g/mol. The molecule has 5 rings (SSSR count). The predicted octanol–water partition coefficient (Wildman–Crippen LogP) is 3.59. The van der Waals surface area contributed by atoms with Gasteiger partial charge in [0.05, 0.1) is 11.7 Å². The largest absolute Gasteiger partial charge is 0.315 e. The Labute approximate surface area is 171 Å². The maximum absolute atomic E-state index is 14.6. The minimum Gasteiger partial charge on any atom is -0.315 e. The van der Waals surface area contributed by atoms with E-state index in [1.807, 2.05) is 36.9 Å². The fourth-order valence-corrected chi connectivity index (χ4v) is 3.82. The summed E-state index contributed by atoms with van der Waals surface area (Å²) in [7, 11) is 0. The second-order valence-electron chi connectivity index (χ2n) is 7.84. The van der Waals surface area contributed by atoms with E-state index in [4.69, 9.17) is 5.10 Å². The van der Waals surface area contributed by atoms with Gasteiger partial charge in [-0.05, 0) is 37.2 Å². The Morgan fingerprint density at radius 3 is 2.67 bits per heavy atom. The molecular weight excluding hydrogens is 388 g/mol. The van der Waals surface area contributed by atoms with E-state index in [0.717, 1.165) is 31.4 Å². The first-order valence-corrected chi connectivity index (χ1v) is 9.99. The molecule has 1 aromatic carbocycles.